The van der Waals surface area contributed by atoms with Crippen molar-refractivity contribution in [1.82, 2.24) is 20.9 Å². The number of hydrogen-bond donors (Lipinski definition) is 4. The van der Waals surface area contributed by atoms with Gasteiger partial charge in [0.05, 0.1) is 16.1 Å². The molecule has 4 rings (SSSR count). The average molecular weight is 579 g/mol. The van der Waals surface area contributed by atoms with Gasteiger partial charge in [-0.2, -0.15) is 5.26 Å². The van der Waals surface area contributed by atoms with Gasteiger partial charge in [-0.15, -0.1) is 0 Å². The van der Waals surface area contributed by atoms with Crippen LogP contribution in [0, 0.1) is 23.2 Å². The second-order valence-electron chi connectivity index (χ2n) is 8.77. The van der Waals surface area contributed by atoms with Crippen molar-refractivity contribution >= 4 is 60.5 Å². The lowest BCUT2D eigenvalue weighted by Crippen LogP contribution is -2.50. The van der Waals surface area contributed by atoms with Gasteiger partial charge in [0.25, 0.3) is 5.91 Å². The quantitative estimate of drug-likeness (QED) is 0.382. The van der Waals surface area contributed by atoms with E-state index in [0.717, 1.165) is 39.1 Å². The summed E-state index contributed by atoms with van der Waals surface area (Å²) in [4.78, 5) is 41.2. The third-order valence-corrected chi connectivity index (χ3v) is 8.23. The Balaban J connectivity index is 1.44. The predicted octanol–water partition coefficient (Wildman–Crippen LogP) is 3.52. The number of nitrogens with one attached hydrogen (secondary N) is 4. The SMILES string of the molecule is N#C[C@H](C[C@@H]1CCCNC1=O)NC(=O)[C@H](CC1CC1)NC(=O)c1cc2ccc(Br)c(Br)c2[nH]1. The standard InChI is InChI=1S/C23H25Br2N5O3/c24-16-6-5-13-10-18(29-20(13)19(16)25)23(33)30-17(8-12-3-4-12)22(32)28-15(11-26)9-14-2-1-7-27-21(14)31/h5-6,10,12,14-15,17,29H,1-4,7-9H2,(H,27,31)(H,28,32)(H,30,33)/t14-,15-,17-/m0/s1. The molecule has 3 atom stereocenters. The van der Waals surface area contributed by atoms with E-state index < -0.39 is 18.0 Å². The first-order chi connectivity index (χ1) is 15.9. The van der Waals surface area contributed by atoms with Gasteiger partial charge in [0.2, 0.25) is 11.8 Å². The molecule has 0 unspecified atom stereocenters. The molecular weight excluding hydrogens is 554 g/mol. The first-order valence-corrected chi connectivity index (χ1v) is 12.7. The molecule has 1 aromatic carbocycles. The highest BCUT2D eigenvalue weighted by molar-refractivity contribution is 9.13. The zero-order chi connectivity index (χ0) is 23.5. The third kappa shape index (κ3) is 5.76. The number of hydrogen-bond acceptors (Lipinski definition) is 4. The lowest BCUT2D eigenvalue weighted by Gasteiger charge is -2.25. The maximum Gasteiger partial charge on any atom is 0.268 e. The molecule has 1 saturated carbocycles. The maximum absolute atomic E-state index is 13.0. The molecule has 2 fully saturated rings. The van der Waals surface area contributed by atoms with Crippen LogP contribution in [0.4, 0.5) is 0 Å². The summed E-state index contributed by atoms with van der Waals surface area (Å²) in [5.41, 5.74) is 1.14. The fourth-order valence-electron chi connectivity index (χ4n) is 4.18. The van der Waals surface area contributed by atoms with E-state index in [4.69, 9.17) is 0 Å². The molecule has 1 aromatic heterocycles. The fourth-order valence-corrected chi connectivity index (χ4v) is 4.97. The number of piperidine rings is 1. The number of aromatic amines is 1. The maximum atomic E-state index is 13.0. The number of amides is 3. The molecule has 1 saturated heterocycles. The van der Waals surface area contributed by atoms with Crippen molar-refractivity contribution in [3.63, 3.8) is 0 Å². The summed E-state index contributed by atoms with van der Waals surface area (Å²) < 4.78 is 1.68. The number of nitriles is 1. The van der Waals surface area contributed by atoms with Gasteiger partial charge in [-0.25, -0.2) is 0 Å². The Hall–Kier alpha value is -2.38. The van der Waals surface area contributed by atoms with Crippen LogP contribution in [0.5, 0.6) is 0 Å². The van der Waals surface area contributed by atoms with Crippen LogP contribution >= 0.6 is 31.9 Å². The number of carbonyl (C=O) groups excluding carboxylic acids is 3. The molecule has 1 aliphatic heterocycles. The fraction of sp³-hybridized carbons (Fsp3) is 0.478. The molecule has 174 valence electrons. The zero-order valence-electron chi connectivity index (χ0n) is 17.9. The third-order valence-electron chi connectivity index (χ3n) is 6.21. The molecular formula is C23H25Br2N5O3. The van der Waals surface area contributed by atoms with E-state index in [1.54, 1.807) is 6.07 Å². The van der Waals surface area contributed by atoms with E-state index in [9.17, 15) is 19.6 Å². The number of nitrogens with zero attached hydrogens (tertiary/aromatic N) is 1. The van der Waals surface area contributed by atoms with E-state index in [2.05, 4.69) is 58.9 Å². The van der Waals surface area contributed by atoms with E-state index in [-0.39, 0.29) is 24.2 Å². The zero-order valence-corrected chi connectivity index (χ0v) is 21.1. The molecule has 3 amide bonds. The molecule has 1 aliphatic carbocycles. The summed E-state index contributed by atoms with van der Waals surface area (Å²) in [7, 11) is 0. The summed E-state index contributed by atoms with van der Waals surface area (Å²) in [6, 6.07) is 6.09. The molecule has 2 heterocycles. The highest BCUT2D eigenvalue weighted by atomic mass is 79.9. The lowest BCUT2D eigenvalue weighted by molar-refractivity contribution is -0.128. The Bertz CT molecular complexity index is 1120. The van der Waals surface area contributed by atoms with Gasteiger partial charge < -0.3 is 20.9 Å². The van der Waals surface area contributed by atoms with E-state index in [0.29, 0.717) is 31.0 Å². The van der Waals surface area contributed by atoms with Crippen LogP contribution < -0.4 is 16.0 Å². The highest BCUT2D eigenvalue weighted by Crippen LogP contribution is 2.34. The largest absolute Gasteiger partial charge is 0.356 e. The summed E-state index contributed by atoms with van der Waals surface area (Å²) in [6.45, 7) is 0.648. The van der Waals surface area contributed by atoms with E-state index in [1.165, 1.54) is 0 Å². The molecule has 0 bridgehead atoms. The van der Waals surface area contributed by atoms with Gasteiger partial charge in [0.1, 0.15) is 17.8 Å². The van der Waals surface area contributed by atoms with Crippen molar-refractivity contribution in [3.05, 3.63) is 32.8 Å². The summed E-state index contributed by atoms with van der Waals surface area (Å²) >= 11 is 6.96. The minimum Gasteiger partial charge on any atom is -0.356 e. The Morgan fingerprint density at radius 1 is 1.18 bits per heavy atom. The Kier molecular flexibility index (Phi) is 7.39. The van der Waals surface area contributed by atoms with Crippen LogP contribution in [-0.2, 0) is 9.59 Å². The molecule has 4 N–H and O–H groups in total. The van der Waals surface area contributed by atoms with Crippen molar-refractivity contribution in [3.8, 4) is 6.07 Å². The van der Waals surface area contributed by atoms with Crippen molar-refractivity contribution in [1.29, 1.82) is 5.26 Å². The predicted molar refractivity (Wildman–Crippen MR) is 130 cm³/mol. The van der Waals surface area contributed by atoms with Crippen molar-refractivity contribution in [2.24, 2.45) is 11.8 Å². The molecule has 2 aliphatic rings. The number of carbonyl (C=O) groups is 3. The molecule has 10 heteroatoms. The van der Waals surface area contributed by atoms with E-state index >= 15 is 0 Å². The lowest BCUT2D eigenvalue weighted by atomic mass is 9.92. The number of benzene rings is 1. The van der Waals surface area contributed by atoms with Gasteiger partial charge in [-0.05, 0) is 75.6 Å². The average Bonchev–Trinajstić information content (AvgIpc) is 3.51. The number of aromatic nitrogens is 1. The molecule has 8 nitrogen and oxygen atoms in total. The second-order valence-corrected chi connectivity index (χ2v) is 10.4. The van der Waals surface area contributed by atoms with Crippen LogP contribution in [-0.4, -0.2) is 41.3 Å². The summed E-state index contributed by atoms with van der Waals surface area (Å²) in [6.07, 6.45) is 4.40. The van der Waals surface area contributed by atoms with Gasteiger partial charge in [-0.1, -0.05) is 18.9 Å². The number of H-pyrrole nitrogens is 1. The Morgan fingerprint density at radius 2 is 1.97 bits per heavy atom. The minimum atomic E-state index is -0.786. The normalized spacial score (nSPS) is 19.9. The van der Waals surface area contributed by atoms with Crippen LogP contribution in [0.1, 0.15) is 49.0 Å². The summed E-state index contributed by atoms with van der Waals surface area (Å²) in [5, 5.41) is 18.8. The number of halogens is 2. The molecule has 33 heavy (non-hydrogen) atoms. The van der Waals surface area contributed by atoms with E-state index in [1.807, 2.05) is 12.1 Å². The monoisotopic (exact) mass is 577 g/mol. The Labute approximate surface area is 208 Å². The highest BCUT2D eigenvalue weighted by Gasteiger charge is 2.33. The van der Waals surface area contributed by atoms with Crippen molar-refractivity contribution in [2.75, 3.05) is 6.54 Å². The molecule has 2 aromatic rings. The first-order valence-electron chi connectivity index (χ1n) is 11.1. The molecule has 0 radical (unpaired) electrons. The van der Waals surface area contributed by atoms with Crippen molar-refractivity contribution in [2.45, 2.75) is 50.6 Å². The smallest absolute Gasteiger partial charge is 0.268 e. The van der Waals surface area contributed by atoms with Crippen molar-refractivity contribution < 1.29 is 14.4 Å². The second kappa shape index (κ2) is 10.3. The summed E-state index contributed by atoms with van der Waals surface area (Å²) in [5.74, 6) is -0.744. The van der Waals surface area contributed by atoms with Crippen LogP contribution in [0.15, 0.2) is 27.1 Å². The van der Waals surface area contributed by atoms with Gasteiger partial charge in [0.15, 0.2) is 0 Å². The molecule has 0 spiro atoms. The van der Waals surface area contributed by atoms with Crippen LogP contribution in [0.2, 0.25) is 0 Å². The van der Waals surface area contributed by atoms with Gasteiger partial charge >= 0.3 is 0 Å². The Morgan fingerprint density at radius 3 is 2.67 bits per heavy atom. The minimum absolute atomic E-state index is 0.0739. The van der Waals surface area contributed by atoms with Crippen LogP contribution in [0.25, 0.3) is 10.9 Å². The number of rotatable bonds is 8. The van der Waals surface area contributed by atoms with Gasteiger partial charge in [0, 0.05) is 22.3 Å². The van der Waals surface area contributed by atoms with Gasteiger partial charge in [-0.3, -0.25) is 14.4 Å². The number of fused-ring (bicyclic) bond motifs is 1. The topological polar surface area (TPSA) is 127 Å². The van der Waals surface area contributed by atoms with Crippen LogP contribution in [0.3, 0.4) is 0 Å². The first kappa shape index (κ1) is 23.8.